The van der Waals surface area contributed by atoms with E-state index in [0.717, 1.165) is 10.4 Å². The Morgan fingerprint density at radius 1 is 1.05 bits per heavy atom. The van der Waals surface area contributed by atoms with E-state index in [1.807, 2.05) is 41.1 Å². The Labute approximate surface area is 120 Å². The summed E-state index contributed by atoms with van der Waals surface area (Å²) in [6, 6.07) is 11.7. The summed E-state index contributed by atoms with van der Waals surface area (Å²) in [7, 11) is 0. The maximum atomic E-state index is 10.9. The Hall–Kier alpha value is -1.49. The molecule has 4 heteroatoms. The lowest BCUT2D eigenvalue weighted by molar-refractivity contribution is 0.0984. The number of nitrogens with zero attached hydrogens (tertiary/aromatic N) is 1. The van der Waals surface area contributed by atoms with Gasteiger partial charge in [-0.2, -0.15) is 0 Å². The van der Waals surface area contributed by atoms with Gasteiger partial charge in [0.2, 0.25) is 0 Å². The van der Waals surface area contributed by atoms with Crippen molar-refractivity contribution in [1.82, 2.24) is 4.98 Å². The number of hydrogen-bond donors (Lipinski definition) is 1. The first-order valence-electron chi connectivity index (χ1n) is 5.95. The van der Waals surface area contributed by atoms with Crippen LogP contribution in [0, 0.1) is 0 Å². The Kier molecular flexibility index (Phi) is 3.22. The highest BCUT2D eigenvalue weighted by molar-refractivity contribution is 7.20. The maximum absolute atomic E-state index is 10.9. The van der Waals surface area contributed by atoms with E-state index >= 15 is 0 Å². The lowest BCUT2D eigenvalue weighted by Crippen LogP contribution is -2.24. The van der Waals surface area contributed by atoms with Crippen molar-refractivity contribution < 1.29 is 5.11 Å². The molecule has 0 bridgehead atoms. The van der Waals surface area contributed by atoms with Crippen molar-refractivity contribution >= 4 is 22.7 Å². The molecule has 3 rings (SSSR count). The molecule has 0 aliphatic rings. The second-order valence-electron chi connectivity index (χ2n) is 4.43. The van der Waals surface area contributed by atoms with Crippen LogP contribution in [0.25, 0.3) is 9.75 Å². The molecular weight excluding hydrogens is 274 g/mol. The van der Waals surface area contributed by atoms with Crippen molar-refractivity contribution in [2.24, 2.45) is 0 Å². The molecule has 0 amide bonds. The maximum Gasteiger partial charge on any atom is 0.130 e. The largest absolute Gasteiger partial charge is 0.379 e. The van der Waals surface area contributed by atoms with Crippen LogP contribution in [0.15, 0.2) is 53.4 Å². The minimum Gasteiger partial charge on any atom is -0.379 e. The van der Waals surface area contributed by atoms with Gasteiger partial charge in [0.15, 0.2) is 0 Å². The monoisotopic (exact) mass is 287 g/mol. The smallest absolute Gasteiger partial charge is 0.130 e. The number of hydrogen-bond acceptors (Lipinski definition) is 4. The Balaban J connectivity index is 2.10. The van der Waals surface area contributed by atoms with Crippen LogP contribution < -0.4 is 0 Å². The molecule has 0 aliphatic heterocycles. The minimum atomic E-state index is -1.07. The van der Waals surface area contributed by atoms with Crippen LogP contribution in [-0.2, 0) is 5.60 Å². The summed E-state index contributed by atoms with van der Waals surface area (Å²) in [5.74, 6) is 0. The normalized spacial score (nSPS) is 14.2. The van der Waals surface area contributed by atoms with E-state index in [-0.39, 0.29) is 0 Å². The topological polar surface area (TPSA) is 33.1 Å². The van der Waals surface area contributed by atoms with Crippen LogP contribution in [0.4, 0.5) is 0 Å². The zero-order valence-electron chi connectivity index (χ0n) is 10.4. The molecule has 96 valence electrons. The number of aliphatic hydroxyl groups is 1. The van der Waals surface area contributed by atoms with Gasteiger partial charge in [-0.3, -0.25) is 4.98 Å². The summed E-state index contributed by atoms with van der Waals surface area (Å²) in [5.41, 5.74) is 0.519. The van der Waals surface area contributed by atoms with Crippen LogP contribution in [0.2, 0.25) is 0 Å². The molecule has 19 heavy (non-hydrogen) atoms. The van der Waals surface area contributed by atoms with Crippen LogP contribution >= 0.6 is 22.7 Å². The number of thiophene rings is 2. The third kappa shape index (κ3) is 2.23. The van der Waals surface area contributed by atoms with Gasteiger partial charge in [-0.05, 0) is 41.9 Å². The highest BCUT2D eigenvalue weighted by Crippen LogP contribution is 2.40. The zero-order chi connectivity index (χ0) is 13.3. The summed E-state index contributed by atoms with van der Waals surface area (Å²) >= 11 is 3.34. The summed E-state index contributed by atoms with van der Waals surface area (Å²) in [6.07, 6.45) is 1.71. The minimum absolute atomic E-state index is 0.672. The van der Waals surface area contributed by atoms with Gasteiger partial charge in [-0.25, -0.2) is 0 Å². The average Bonchev–Trinajstić information content (AvgIpc) is 3.10. The van der Waals surface area contributed by atoms with Gasteiger partial charge in [0.1, 0.15) is 5.60 Å². The Morgan fingerprint density at radius 2 is 1.95 bits per heavy atom. The highest BCUT2D eigenvalue weighted by Gasteiger charge is 2.30. The van der Waals surface area contributed by atoms with Crippen molar-refractivity contribution in [2.45, 2.75) is 12.5 Å². The summed E-state index contributed by atoms with van der Waals surface area (Å²) in [6.45, 7) is 1.80. The van der Waals surface area contributed by atoms with Crippen molar-refractivity contribution in [1.29, 1.82) is 0 Å². The van der Waals surface area contributed by atoms with Gasteiger partial charge in [0, 0.05) is 16.6 Å². The molecule has 0 saturated carbocycles. The van der Waals surface area contributed by atoms with Crippen molar-refractivity contribution in [3.63, 3.8) is 0 Å². The van der Waals surface area contributed by atoms with Crippen LogP contribution in [0.1, 0.15) is 18.2 Å². The van der Waals surface area contributed by atoms with E-state index in [2.05, 4.69) is 11.1 Å². The molecule has 3 heterocycles. The molecule has 0 spiro atoms. The summed E-state index contributed by atoms with van der Waals surface area (Å²) in [4.78, 5) is 6.58. The van der Waals surface area contributed by atoms with E-state index in [4.69, 9.17) is 0 Å². The third-order valence-electron chi connectivity index (χ3n) is 3.10. The van der Waals surface area contributed by atoms with Gasteiger partial charge >= 0.3 is 0 Å². The van der Waals surface area contributed by atoms with Crippen molar-refractivity contribution in [2.75, 3.05) is 0 Å². The molecule has 0 radical (unpaired) electrons. The number of pyridine rings is 1. The SMILES string of the molecule is CC(O)(c1ccccn1)c1ccsc1-c1cccs1. The number of rotatable bonds is 3. The lowest BCUT2D eigenvalue weighted by Gasteiger charge is -2.23. The van der Waals surface area contributed by atoms with Gasteiger partial charge in [0.05, 0.1) is 10.6 Å². The molecule has 3 aromatic rings. The van der Waals surface area contributed by atoms with E-state index in [9.17, 15) is 5.11 Å². The second-order valence-corrected chi connectivity index (χ2v) is 6.29. The molecule has 3 aromatic heterocycles. The molecular formula is C15H13NOS2. The molecule has 0 aliphatic carbocycles. The van der Waals surface area contributed by atoms with Crippen LogP contribution in [0.3, 0.4) is 0 Å². The van der Waals surface area contributed by atoms with Gasteiger partial charge < -0.3 is 5.11 Å². The molecule has 1 N–H and O–H groups in total. The standard InChI is InChI=1S/C15H13NOS2/c1-15(17,13-6-2-3-8-16-13)11-7-10-19-14(11)12-5-4-9-18-12/h2-10,17H,1H3. The third-order valence-corrected chi connectivity index (χ3v) is 5.06. The first-order valence-corrected chi connectivity index (χ1v) is 7.71. The summed E-state index contributed by atoms with van der Waals surface area (Å²) in [5, 5.41) is 14.9. The second kappa shape index (κ2) is 4.89. The average molecular weight is 287 g/mol. The predicted octanol–water partition coefficient (Wildman–Crippen LogP) is 4.13. The van der Waals surface area contributed by atoms with Gasteiger partial charge in [-0.15, -0.1) is 22.7 Å². The van der Waals surface area contributed by atoms with E-state index < -0.39 is 5.60 Å². The van der Waals surface area contributed by atoms with E-state index in [1.54, 1.807) is 35.8 Å². The summed E-state index contributed by atoms with van der Waals surface area (Å²) < 4.78 is 0. The molecule has 2 nitrogen and oxygen atoms in total. The van der Waals surface area contributed by atoms with E-state index in [0.29, 0.717) is 5.69 Å². The predicted molar refractivity (Wildman–Crippen MR) is 80.5 cm³/mol. The molecule has 1 atom stereocenters. The Morgan fingerprint density at radius 3 is 2.63 bits per heavy atom. The molecule has 0 aromatic carbocycles. The fraction of sp³-hybridized carbons (Fsp3) is 0.133. The molecule has 0 saturated heterocycles. The molecule has 0 fully saturated rings. The van der Waals surface area contributed by atoms with Crippen molar-refractivity contribution in [3.8, 4) is 9.75 Å². The van der Waals surface area contributed by atoms with Crippen molar-refractivity contribution in [3.05, 3.63) is 64.6 Å². The van der Waals surface area contributed by atoms with Gasteiger partial charge in [0.25, 0.3) is 0 Å². The fourth-order valence-corrected chi connectivity index (χ4v) is 3.96. The quantitative estimate of drug-likeness (QED) is 0.786. The highest BCUT2D eigenvalue weighted by atomic mass is 32.1. The lowest BCUT2D eigenvalue weighted by atomic mass is 9.92. The van der Waals surface area contributed by atoms with Gasteiger partial charge in [-0.1, -0.05) is 12.1 Å². The van der Waals surface area contributed by atoms with E-state index in [1.165, 1.54) is 4.88 Å². The zero-order valence-corrected chi connectivity index (χ0v) is 12.0. The first-order chi connectivity index (χ1) is 9.19. The fourth-order valence-electron chi connectivity index (χ4n) is 2.08. The molecule has 1 unspecified atom stereocenters. The van der Waals surface area contributed by atoms with Crippen LogP contribution in [-0.4, -0.2) is 10.1 Å². The number of aromatic nitrogens is 1. The Bertz CT molecular complexity index is 657. The van der Waals surface area contributed by atoms with Crippen LogP contribution in [0.5, 0.6) is 0 Å². The first kappa shape index (κ1) is 12.5.